The number of ether oxygens (including phenoxy) is 1. The topological polar surface area (TPSA) is 134 Å². The normalized spacial score (nSPS) is 12.9. The molecule has 1 unspecified atom stereocenters. The molecule has 12 heteroatoms. The number of carbonyl (C=O) groups excluding carboxylic acids is 5. The van der Waals surface area contributed by atoms with Crippen LogP contribution in [0.25, 0.3) is 17.2 Å². The second-order valence-corrected chi connectivity index (χ2v) is 15.4. The summed E-state index contributed by atoms with van der Waals surface area (Å²) in [4.78, 5) is 69.3. The van der Waals surface area contributed by atoms with E-state index in [0.29, 0.717) is 47.7 Å². The molecule has 0 saturated carbocycles. The van der Waals surface area contributed by atoms with Gasteiger partial charge in [-0.1, -0.05) is 85.8 Å². The highest BCUT2D eigenvalue weighted by Crippen LogP contribution is 2.39. The van der Waals surface area contributed by atoms with E-state index in [9.17, 15) is 24.0 Å². The van der Waals surface area contributed by atoms with E-state index in [1.54, 1.807) is 60.4 Å². The first-order chi connectivity index (χ1) is 27.1. The highest BCUT2D eigenvalue weighted by Gasteiger charge is 2.31. The van der Waals surface area contributed by atoms with Gasteiger partial charge in [-0.05, 0) is 78.4 Å². The van der Waals surface area contributed by atoms with Crippen LogP contribution in [0.3, 0.4) is 0 Å². The first-order valence-electron chi connectivity index (χ1n) is 18.3. The largest absolute Gasteiger partial charge is 0.462 e. The Kier molecular flexibility index (Phi) is 13.2. The number of amides is 4. The standard InChI is InChI=1S/C44H42N4O6S2/c1-4-37(42(52)47-43-39(44(53)54-5-2)35-23-24-48(28(3)49)27-38(35)56-43)55-34-18-12-17-33(26-34)45-41(51)36(46-40(50)32-15-10-7-11-16-32)25-29-19-21-31(22-20-29)30-13-8-6-9-14-30/h6-22,25-26,37H,4-5,23-24,27H2,1-3H3,(H,45,51)(H,46,50)(H,47,52)/b36-25+. The first kappa shape index (κ1) is 39.7. The number of hydrogen-bond donors (Lipinski definition) is 3. The average molecular weight is 787 g/mol. The number of anilines is 2. The van der Waals surface area contributed by atoms with Crippen molar-refractivity contribution in [2.45, 2.75) is 50.3 Å². The third-order valence-electron chi connectivity index (χ3n) is 9.11. The molecule has 5 aromatic rings. The number of benzene rings is 4. The molecule has 6 rings (SSSR count). The van der Waals surface area contributed by atoms with E-state index in [2.05, 4.69) is 16.0 Å². The summed E-state index contributed by atoms with van der Waals surface area (Å²) in [5.41, 5.74) is 4.89. The number of nitrogens with one attached hydrogen (secondary N) is 3. The number of thiophene rings is 1. The van der Waals surface area contributed by atoms with Gasteiger partial charge in [-0.15, -0.1) is 23.1 Å². The maximum Gasteiger partial charge on any atom is 0.341 e. The summed E-state index contributed by atoms with van der Waals surface area (Å²) < 4.78 is 5.36. The second-order valence-electron chi connectivity index (χ2n) is 13.0. The monoisotopic (exact) mass is 786 g/mol. The lowest BCUT2D eigenvalue weighted by Crippen LogP contribution is -2.34. The summed E-state index contributed by atoms with van der Waals surface area (Å²) in [5, 5.41) is 8.57. The molecule has 1 aliphatic heterocycles. The summed E-state index contributed by atoms with van der Waals surface area (Å²) in [6.45, 7) is 6.19. The fourth-order valence-electron chi connectivity index (χ4n) is 6.22. The smallest absolute Gasteiger partial charge is 0.341 e. The maximum absolute atomic E-state index is 13.8. The van der Waals surface area contributed by atoms with Crippen LogP contribution in [0, 0.1) is 0 Å². The molecule has 0 saturated heterocycles. The van der Waals surface area contributed by atoms with Gasteiger partial charge in [0.05, 0.1) is 24.0 Å². The predicted octanol–water partition coefficient (Wildman–Crippen LogP) is 8.42. The molecule has 286 valence electrons. The molecule has 0 aliphatic carbocycles. The van der Waals surface area contributed by atoms with Crippen molar-refractivity contribution in [1.29, 1.82) is 0 Å². The summed E-state index contributed by atoms with van der Waals surface area (Å²) >= 11 is 2.62. The van der Waals surface area contributed by atoms with E-state index >= 15 is 0 Å². The van der Waals surface area contributed by atoms with Crippen molar-refractivity contribution in [1.82, 2.24) is 10.2 Å². The lowest BCUT2D eigenvalue weighted by atomic mass is 10.0. The zero-order valence-corrected chi connectivity index (χ0v) is 32.9. The summed E-state index contributed by atoms with van der Waals surface area (Å²) in [6.07, 6.45) is 2.60. The molecule has 0 fully saturated rings. The average Bonchev–Trinajstić information content (AvgIpc) is 3.57. The van der Waals surface area contributed by atoms with E-state index in [0.717, 1.165) is 32.0 Å². The molecule has 10 nitrogen and oxygen atoms in total. The van der Waals surface area contributed by atoms with Gasteiger partial charge in [0.1, 0.15) is 10.7 Å². The van der Waals surface area contributed by atoms with Crippen LogP contribution >= 0.6 is 23.1 Å². The number of esters is 1. The van der Waals surface area contributed by atoms with Gasteiger partial charge in [0.15, 0.2) is 0 Å². The van der Waals surface area contributed by atoms with Gasteiger partial charge in [0, 0.05) is 34.5 Å². The maximum atomic E-state index is 13.8. The summed E-state index contributed by atoms with van der Waals surface area (Å²) in [5.74, 6) is -1.79. The third kappa shape index (κ3) is 9.81. The summed E-state index contributed by atoms with van der Waals surface area (Å²) in [6, 6.07) is 33.5. The van der Waals surface area contributed by atoms with Crippen LogP contribution in [0.15, 0.2) is 120 Å². The van der Waals surface area contributed by atoms with Gasteiger partial charge in [-0.25, -0.2) is 4.79 Å². The molecule has 4 amide bonds. The Labute approximate surface area is 334 Å². The van der Waals surface area contributed by atoms with Gasteiger partial charge in [-0.2, -0.15) is 0 Å². The third-order valence-corrected chi connectivity index (χ3v) is 11.6. The number of carbonyl (C=O) groups is 5. The molecule has 0 spiro atoms. The van der Waals surface area contributed by atoms with Crippen molar-refractivity contribution >= 4 is 69.5 Å². The number of rotatable bonds is 13. The number of thioether (sulfide) groups is 1. The highest BCUT2D eigenvalue weighted by molar-refractivity contribution is 8.00. The van der Waals surface area contributed by atoms with Crippen LogP contribution in [0.5, 0.6) is 0 Å². The fourth-order valence-corrected chi connectivity index (χ4v) is 8.48. The lowest BCUT2D eigenvalue weighted by molar-refractivity contribution is -0.129. The molecule has 4 aromatic carbocycles. The molecule has 0 bridgehead atoms. The van der Waals surface area contributed by atoms with E-state index in [1.807, 2.05) is 73.7 Å². The molecule has 1 aromatic heterocycles. The Morgan fingerprint density at radius 2 is 1.55 bits per heavy atom. The lowest BCUT2D eigenvalue weighted by Gasteiger charge is -2.25. The quantitative estimate of drug-likeness (QED) is 0.0620. The van der Waals surface area contributed by atoms with Crippen molar-refractivity contribution in [2.75, 3.05) is 23.8 Å². The Balaban J connectivity index is 1.19. The highest BCUT2D eigenvalue weighted by atomic mass is 32.2. The van der Waals surface area contributed by atoms with Gasteiger partial charge in [-0.3, -0.25) is 19.2 Å². The Morgan fingerprint density at radius 3 is 2.23 bits per heavy atom. The van der Waals surface area contributed by atoms with Crippen LogP contribution in [-0.4, -0.2) is 52.9 Å². The molecule has 56 heavy (non-hydrogen) atoms. The predicted molar refractivity (Wildman–Crippen MR) is 222 cm³/mol. The fraction of sp³-hybridized carbons (Fsp3) is 0.205. The van der Waals surface area contributed by atoms with Crippen molar-refractivity contribution in [3.05, 3.63) is 142 Å². The zero-order chi connectivity index (χ0) is 39.6. The number of nitrogens with zero attached hydrogens (tertiary/aromatic N) is 1. The number of fused-ring (bicyclic) bond motifs is 1. The molecular weight excluding hydrogens is 745 g/mol. The second kappa shape index (κ2) is 18.6. The van der Waals surface area contributed by atoms with E-state index in [4.69, 9.17) is 4.74 Å². The molecule has 0 radical (unpaired) electrons. The Morgan fingerprint density at radius 1 is 0.857 bits per heavy atom. The first-order valence-corrected chi connectivity index (χ1v) is 20.0. The van der Waals surface area contributed by atoms with Crippen LogP contribution in [0.2, 0.25) is 0 Å². The van der Waals surface area contributed by atoms with Gasteiger partial charge in [0.2, 0.25) is 11.8 Å². The molecule has 2 heterocycles. The van der Waals surface area contributed by atoms with Gasteiger partial charge >= 0.3 is 5.97 Å². The van der Waals surface area contributed by atoms with Crippen LogP contribution in [-0.2, 0) is 32.1 Å². The Hall–Kier alpha value is -5.98. The molecule has 1 atom stereocenters. The van der Waals surface area contributed by atoms with Crippen molar-refractivity contribution < 1.29 is 28.7 Å². The minimum Gasteiger partial charge on any atom is -0.462 e. The van der Waals surface area contributed by atoms with E-state index in [1.165, 1.54) is 30.0 Å². The summed E-state index contributed by atoms with van der Waals surface area (Å²) in [7, 11) is 0. The molecular formula is C44H42N4O6S2. The van der Waals surface area contributed by atoms with E-state index < -0.39 is 23.0 Å². The van der Waals surface area contributed by atoms with E-state index in [-0.39, 0.29) is 24.1 Å². The van der Waals surface area contributed by atoms with Crippen molar-refractivity contribution in [3.8, 4) is 11.1 Å². The van der Waals surface area contributed by atoms with Gasteiger partial charge < -0.3 is 25.6 Å². The van der Waals surface area contributed by atoms with Crippen molar-refractivity contribution in [3.63, 3.8) is 0 Å². The molecule has 1 aliphatic rings. The van der Waals surface area contributed by atoms with Crippen LogP contribution in [0.4, 0.5) is 10.7 Å². The minimum absolute atomic E-state index is 0.0498. The number of hydrogen-bond acceptors (Lipinski definition) is 8. The zero-order valence-electron chi connectivity index (χ0n) is 31.3. The minimum atomic E-state index is -0.539. The SMILES string of the molecule is CCOC(=O)c1c(NC(=O)C(CC)Sc2cccc(NC(=O)/C(=C\c3ccc(-c4ccccc4)cc3)NC(=O)c3ccccc3)c2)sc2c1CCN(C(C)=O)C2. The van der Waals surface area contributed by atoms with Crippen LogP contribution in [0.1, 0.15) is 63.9 Å². The van der Waals surface area contributed by atoms with Crippen molar-refractivity contribution in [2.24, 2.45) is 0 Å². The van der Waals surface area contributed by atoms with Gasteiger partial charge in [0.25, 0.3) is 11.8 Å². The molecule has 3 N–H and O–H groups in total. The Bertz CT molecular complexity index is 2250. The van der Waals surface area contributed by atoms with Crippen LogP contribution < -0.4 is 16.0 Å².